The van der Waals surface area contributed by atoms with Crippen molar-refractivity contribution in [3.05, 3.63) is 47.0 Å². The van der Waals surface area contributed by atoms with Crippen molar-refractivity contribution in [3.8, 4) is 0 Å². The minimum absolute atomic E-state index is 0.0433. The van der Waals surface area contributed by atoms with Gasteiger partial charge in [-0.2, -0.15) is 0 Å². The van der Waals surface area contributed by atoms with Crippen molar-refractivity contribution in [1.29, 1.82) is 0 Å². The average Bonchev–Trinajstić information content (AvgIpc) is 2.72. The molecule has 1 aromatic carbocycles. The Kier molecular flexibility index (Phi) is 3.49. The zero-order valence-electron chi connectivity index (χ0n) is 9.77. The summed E-state index contributed by atoms with van der Waals surface area (Å²) in [5.41, 5.74) is 2.44. The highest BCUT2D eigenvalue weighted by molar-refractivity contribution is 5.19. The first-order valence-corrected chi connectivity index (χ1v) is 5.43. The lowest BCUT2D eigenvalue weighted by Gasteiger charge is -2.13. The van der Waals surface area contributed by atoms with Gasteiger partial charge in [-0.1, -0.05) is 22.4 Å². The molecule has 1 aromatic heterocycles. The first kappa shape index (κ1) is 11.7. The second-order valence-corrected chi connectivity index (χ2v) is 3.95. The fourth-order valence-electron chi connectivity index (χ4n) is 1.55. The van der Waals surface area contributed by atoms with Gasteiger partial charge in [0, 0.05) is 12.6 Å². The van der Waals surface area contributed by atoms with E-state index in [1.165, 1.54) is 12.1 Å². The van der Waals surface area contributed by atoms with Crippen molar-refractivity contribution in [2.24, 2.45) is 0 Å². The third kappa shape index (κ3) is 2.88. The largest absolute Gasteiger partial charge is 0.304 e. The van der Waals surface area contributed by atoms with Gasteiger partial charge in [-0.05, 0) is 31.5 Å². The van der Waals surface area contributed by atoms with E-state index >= 15 is 0 Å². The predicted molar refractivity (Wildman–Crippen MR) is 60.7 cm³/mol. The van der Waals surface area contributed by atoms with Crippen LogP contribution in [0.5, 0.6) is 0 Å². The molecule has 0 radical (unpaired) electrons. The third-order valence-electron chi connectivity index (χ3n) is 2.67. The Balaban J connectivity index is 1.98. The average molecular weight is 235 g/mol. The van der Waals surface area contributed by atoms with Gasteiger partial charge in [0.1, 0.15) is 17.2 Å². The Morgan fingerprint density at radius 3 is 2.88 bits per heavy atom. The molecule has 0 spiro atoms. The fraction of sp³-hybridized carbons (Fsp3) is 0.333. The van der Waals surface area contributed by atoms with Gasteiger partial charge < -0.3 is 5.32 Å². The minimum atomic E-state index is -0.226. The van der Waals surface area contributed by atoms with E-state index in [9.17, 15) is 4.39 Å². The second kappa shape index (κ2) is 5.05. The van der Waals surface area contributed by atoms with Crippen molar-refractivity contribution < 1.29 is 9.02 Å². The Labute approximate surface area is 98.8 Å². The highest BCUT2D eigenvalue weighted by Gasteiger charge is 2.09. The molecule has 0 aliphatic rings. The lowest BCUT2D eigenvalue weighted by atomic mass is 10.1. The maximum absolute atomic E-state index is 13.0. The molecule has 0 fully saturated rings. The molecule has 1 N–H and O–H groups in total. The summed E-state index contributed by atoms with van der Waals surface area (Å²) < 4.78 is 17.6. The van der Waals surface area contributed by atoms with Gasteiger partial charge in [0.2, 0.25) is 0 Å². The van der Waals surface area contributed by atoms with Crippen LogP contribution in [-0.2, 0) is 6.54 Å². The van der Waals surface area contributed by atoms with Crippen LogP contribution in [0.1, 0.15) is 29.9 Å². The molecule has 1 heterocycles. The summed E-state index contributed by atoms with van der Waals surface area (Å²) in [6, 6.07) is 6.58. The van der Waals surface area contributed by atoms with E-state index in [1.807, 2.05) is 19.9 Å². The summed E-state index contributed by atoms with van der Waals surface area (Å²) in [4.78, 5) is 0. The Morgan fingerprint density at radius 1 is 1.41 bits per heavy atom. The van der Waals surface area contributed by atoms with Gasteiger partial charge in [0.25, 0.3) is 0 Å². The molecule has 2 rings (SSSR count). The lowest BCUT2D eigenvalue weighted by Crippen LogP contribution is -2.18. The van der Waals surface area contributed by atoms with Crippen molar-refractivity contribution in [3.63, 3.8) is 0 Å². The van der Waals surface area contributed by atoms with Crippen molar-refractivity contribution in [2.75, 3.05) is 0 Å². The topological polar surface area (TPSA) is 51.0 Å². The molecule has 1 atom stereocenters. The van der Waals surface area contributed by atoms with Crippen molar-refractivity contribution >= 4 is 0 Å². The van der Waals surface area contributed by atoms with Crippen LogP contribution >= 0.6 is 0 Å². The van der Waals surface area contributed by atoms with Crippen LogP contribution in [0.2, 0.25) is 0 Å². The predicted octanol–water partition coefficient (Wildman–Crippen LogP) is 2.37. The van der Waals surface area contributed by atoms with E-state index in [1.54, 1.807) is 6.07 Å². The smallest absolute Gasteiger partial charge is 0.123 e. The van der Waals surface area contributed by atoms with E-state index in [2.05, 4.69) is 20.3 Å². The fourth-order valence-corrected chi connectivity index (χ4v) is 1.55. The number of benzene rings is 1. The number of aromatic nitrogens is 2. The molecule has 0 aliphatic heterocycles. The molecule has 0 amide bonds. The van der Waals surface area contributed by atoms with E-state index in [0.29, 0.717) is 6.54 Å². The standard InChI is InChI=1S/C12H14FN3O/c1-8(10-4-3-5-11(13)6-10)14-7-12-9(2)15-17-16-12/h3-6,8,14H,7H2,1-2H3. The number of nitrogens with zero attached hydrogens (tertiary/aromatic N) is 2. The molecule has 0 bridgehead atoms. The van der Waals surface area contributed by atoms with Crippen LogP contribution in [0, 0.1) is 12.7 Å². The van der Waals surface area contributed by atoms with Crippen LogP contribution in [0.15, 0.2) is 28.9 Å². The van der Waals surface area contributed by atoms with Crippen LogP contribution in [0.3, 0.4) is 0 Å². The molecule has 0 saturated carbocycles. The molecule has 2 aromatic rings. The monoisotopic (exact) mass is 235 g/mol. The van der Waals surface area contributed by atoms with Crippen molar-refractivity contribution in [2.45, 2.75) is 26.4 Å². The first-order chi connectivity index (χ1) is 8.16. The SMILES string of the molecule is Cc1nonc1CNC(C)c1cccc(F)c1. The first-order valence-electron chi connectivity index (χ1n) is 5.43. The summed E-state index contributed by atoms with van der Waals surface area (Å²) in [6.07, 6.45) is 0. The summed E-state index contributed by atoms with van der Waals surface area (Å²) in [6.45, 7) is 4.35. The molecule has 90 valence electrons. The summed E-state index contributed by atoms with van der Waals surface area (Å²) >= 11 is 0. The van der Waals surface area contributed by atoms with Gasteiger partial charge in [0.15, 0.2) is 0 Å². The number of aryl methyl sites for hydroxylation is 1. The number of rotatable bonds is 4. The van der Waals surface area contributed by atoms with E-state index in [-0.39, 0.29) is 11.9 Å². The van der Waals surface area contributed by atoms with Crippen molar-refractivity contribution in [1.82, 2.24) is 15.6 Å². The molecule has 4 nitrogen and oxygen atoms in total. The van der Waals surface area contributed by atoms with Gasteiger partial charge in [0.05, 0.1) is 0 Å². The minimum Gasteiger partial charge on any atom is -0.304 e. The number of hydrogen-bond donors (Lipinski definition) is 1. The molecule has 5 heteroatoms. The van der Waals surface area contributed by atoms with Gasteiger partial charge in [-0.3, -0.25) is 0 Å². The highest BCUT2D eigenvalue weighted by atomic mass is 19.1. The van der Waals surface area contributed by atoms with Crippen LogP contribution in [-0.4, -0.2) is 10.3 Å². The van der Waals surface area contributed by atoms with Crippen LogP contribution < -0.4 is 5.32 Å². The number of halogens is 1. The van der Waals surface area contributed by atoms with E-state index in [0.717, 1.165) is 17.0 Å². The summed E-state index contributed by atoms with van der Waals surface area (Å²) in [5.74, 6) is -0.226. The maximum Gasteiger partial charge on any atom is 0.123 e. The van der Waals surface area contributed by atoms with Gasteiger partial charge in [-0.25, -0.2) is 9.02 Å². The summed E-state index contributed by atoms with van der Waals surface area (Å²) in [5, 5.41) is 10.7. The molecule has 1 unspecified atom stereocenters. The molecule has 0 saturated heterocycles. The lowest BCUT2D eigenvalue weighted by molar-refractivity contribution is 0.300. The molecular weight excluding hydrogens is 221 g/mol. The zero-order valence-corrected chi connectivity index (χ0v) is 9.77. The molecular formula is C12H14FN3O. The Hall–Kier alpha value is -1.75. The van der Waals surface area contributed by atoms with Gasteiger partial charge >= 0.3 is 0 Å². The third-order valence-corrected chi connectivity index (χ3v) is 2.67. The van der Waals surface area contributed by atoms with E-state index in [4.69, 9.17) is 0 Å². The highest BCUT2D eigenvalue weighted by Crippen LogP contribution is 2.14. The quantitative estimate of drug-likeness (QED) is 0.883. The van der Waals surface area contributed by atoms with Crippen LogP contribution in [0.4, 0.5) is 4.39 Å². The molecule has 17 heavy (non-hydrogen) atoms. The number of nitrogens with one attached hydrogen (secondary N) is 1. The normalized spacial score (nSPS) is 12.6. The summed E-state index contributed by atoms with van der Waals surface area (Å²) in [7, 11) is 0. The molecule has 0 aliphatic carbocycles. The Bertz CT molecular complexity index is 498. The van der Waals surface area contributed by atoms with Gasteiger partial charge in [-0.15, -0.1) is 0 Å². The second-order valence-electron chi connectivity index (χ2n) is 3.95. The Morgan fingerprint density at radius 2 is 2.24 bits per heavy atom. The number of hydrogen-bond acceptors (Lipinski definition) is 4. The maximum atomic E-state index is 13.0. The van der Waals surface area contributed by atoms with E-state index < -0.39 is 0 Å². The van der Waals surface area contributed by atoms with Crippen LogP contribution in [0.25, 0.3) is 0 Å². The zero-order chi connectivity index (χ0) is 12.3.